The molecule has 0 unspecified atom stereocenters. The van der Waals surface area contributed by atoms with E-state index in [-0.39, 0.29) is 5.91 Å². The van der Waals surface area contributed by atoms with Crippen LogP contribution >= 0.6 is 11.6 Å². The van der Waals surface area contributed by atoms with E-state index in [9.17, 15) is 4.79 Å². The lowest BCUT2D eigenvalue weighted by Crippen LogP contribution is -2.28. The molecule has 0 saturated carbocycles. The van der Waals surface area contributed by atoms with Gasteiger partial charge in [0.1, 0.15) is 5.75 Å². The fourth-order valence-corrected chi connectivity index (χ4v) is 2.19. The lowest BCUT2D eigenvalue weighted by atomic mass is 10.1. The van der Waals surface area contributed by atoms with E-state index in [0.29, 0.717) is 27.7 Å². The van der Waals surface area contributed by atoms with E-state index in [4.69, 9.17) is 22.2 Å². The molecule has 6 heteroatoms. The van der Waals surface area contributed by atoms with Crippen molar-refractivity contribution in [2.45, 2.75) is 0 Å². The van der Waals surface area contributed by atoms with Crippen molar-refractivity contribution in [2.75, 3.05) is 24.5 Å². The van der Waals surface area contributed by atoms with Crippen LogP contribution in [0.4, 0.5) is 11.4 Å². The SMILES string of the molecule is COc1ccccc1N(C)C(=O)c1cc(Cl)ccc1NN. The molecular formula is C15H16ClN3O2. The van der Waals surface area contributed by atoms with E-state index in [1.54, 1.807) is 44.5 Å². The molecule has 2 rings (SSSR count). The highest BCUT2D eigenvalue weighted by molar-refractivity contribution is 6.31. The minimum absolute atomic E-state index is 0.241. The number of nitrogens with two attached hydrogens (primary N) is 1. The van der Waals surface area contributed by atoms with Gasteiger partial charge in [-0.05, 0) is 30.3 Å². The number of nitrogens with zero attached hydrogens (tertiary/aromatic N) is 1. The molecule has 21 heavy (non-hydrogen) atoms. The number of para-hydroxylation sites is 2. The van der Waals surface area contributed by atoms with Gasteiger partial charge >= 0.3 is 0 Å². The number of hydrogen-bond acceptors (Lipinski definition) is 4. The Balaban J connectivity index is 2.42. The Morgan fingerprint density at radius 3 is 2.67 bits per heavy atom. The molecule has 0 aliphatic heterocycles. The number of hydrogen-bond donors (Lipinski definition) is 2. The number of ether oxygens (including phenoxy) is 1. The highest BCUT2D eigenvalue weighted by Crippen LogP contribution is 2.29. The van der Waals surface area contributed by atoms with Gasteiger partial charge in [-0.3, -0.25) is 10.6 Å². The van der Waals surface area contributed by atoms with Crippen LogP contribution < -0.4 is 20.9 Å². The van der Waals surface area contributed by atoms with Gasteiger partial charge in [-0.2, -0.15) is 0 Å². The number of rotatable bonds is 4. The van der Waals surface area contributed by atoms with Crippen molar-refractivity contribution in [2.24, 2.45) is 5.84 Å². The van der Waals surface area contributed by atoms with Crippen LogP contribution in [0.3, 0.4) is 0 Å². The summed E-state index contributed by atoms with van der Waals surface area (Å²) in [6.07, 6.45) is 0. The number of nitrogens with one attached hydrogen (secondary N) is 1. The van der Waals surface area contributed by atoms with Crippen LogP contribution in [0.25, 0.3) is 0 Å². The predicted molar refractivity (Wildman–Crippen MR) is 85.0 cm³/mol. The summed E-state index contributed by atoms with van der Waals surface area (Å²) >= 11 is 5.96. The summed E-state index contributed by atoms with van der Waals surface area (Å²) in [5, 5.41) is 0.464. The lowest BCUT2D eigenvalue weighted by molar-refractivity contribution is 0.0993. The molecule has 2 aromatic carbocycles. The van der Waals surface area contributed by atoms with Gasteiger partial charge in [-0.15, -0.1) is 0 Å². The number of methoxy groups -OCH3 is 1. The summed E-state index contributed by atoms with van der Waals surface area (Å²) in [4.78, 5) is 14.2. The van der Waals surface area contributed by atoms with Gasteiger partial charge in [0.25, 0.3) is 5.91 Å². The van der Waals surface area contributed by atoms with E-state index in [1.165, 1.54) is 4.90 Å². The Hall–Kier alpha value is -2.24. The molecule has 2 aromatic rings. The van der Waals surface area contributed by atoms with Crippen molar-refractivity contribution in [3.05, 3.63) is 53.1 Å². The average molecular weight is 306 g/mol. The predicted octanol–water partition coefficient (Wildman–Crippen LogP) is 2.91. The number of halogens is 1. The number of amides is 1. The van der Waals surface area contributed by atoms with Gasteiger partial charge in [-0.1, -0.05) is 23.7 Å². The summed E-state index contributed by atoms with van der Waals surface area (Å²) in [5.41, 5.74) is 4.05. The third kappa shape index (κ3) is 3.09. The number of nitrogen functional groups attached to an aromatic ring is 1. The maximum atomic E-state index is 12.7. The zero-order valence-corrected chi connectivity index (χ0v) is 12.5. The van der Waals surface area contributed by atoms with Crippen LogP contribution in [0, 0.1) is 0 Å². The number of anilines is 2. The topological polar surface area (TPSA) is 67.6 Å². The number of benzene rings is 2. The molecule has 110 valence electrons. The van der Waals surface area contributed by atoms with E-state index < -0.39 is 0 Å². The molecule has 0 aliphatic carbocycles. The molecule has 3 N–H and O–H groups in total. The Kier molecular flexibility index (Phi) is 4.67. The number of hydrazine groups is 1. The van der Waals surface area contributed by atoms with Gasteiger partial charge in [0, 0.05) is 12.1 Å². The van der Waals surface area contributed by atoms with Crippen molar-refractivity contribution in [3.8, 4) is 5.75 Å². The zero-order chi connectivity index (χ0) is 15.4. The van der Waals surface area contributed by atoms with Gasteiger partial charge in [-0.25, -0.2) is 0 Å². The van der Waals surface area contributed by atoms with Crippen molar-refractivity contribution in [3.63, 3.8) is 0 Å². The van der Waals surface area contributed by atoms with E-state index >= 15 is 0 Å². The summed E-state index contributed by atoms with van der Waals surface area (Å²) in [6.45, 7) is 0. The maximum Gasteiger partial charge on any atom is 0.260 e. The molecule has 0 heterocycles. The molecule has 1 amide bonds. The quantitative estimate of drug-likeness (QED) is 0.673. The maximum absolute atomic E-state index is 12.7. The van der Waals surface area contributed by atoms with Crippen molar-refractivity contribution < 1.29 is 9.53 Å². The second-order valence-corrected chi connectivity index (χ2v) is 4.81. The number of carbonyl (C=O) groups excluding carboxylic acids is 1. The standard InChI is InChI=1S/C15H16ClN3O2/c1-19(13-5-3-4-6-14(13)21-2)15(20)11-9-10(16)7-8-12(11)18-17/h3-9,18H,17H2,1-2H3. The smallest absolute Gasteiger partial charge is 0.260 e. The molecule has 0 fully saturated rings. The van der Waals surface area contributed by atoms with Crippen LogP contribution in [0.15, 0.2) is 42.5 Å². The van der Waals surface area contributed by atoms with Crippen LogP contribution in [0.5, 0.6) is 5.75 Å². The molecule has 0 bridgehead atoms. The summed E-state index contributed by atoms with van der Waals surface area (Å²) in [5.74, 6) is 5.81. The first kappa shape index (κ1) is 15.2. The fraction of sp³-hybridized carbons (Fsp3) is 0.133. The Bertz CT molecular complexity index is 661. The van der Waals surface area contributed by atoms with Gasteiger partial charge in [0.15, 0.2) is 0 Å². The first-order valence-corrected chi connectivity index (χ1v) is 6.63. The third-order valence-electron chi connectivity index (χ3n) is 3.12. The van der Waals surface area contributed by atoms with Crippen LogP contribution in [0.2, 0.25) is 5.02 Å². The van der Waals surface area contributed by atoms with Crippen LogP contribution in [-0.2, 0) is 0 Å². The Morgan fingerprint density at radius 1 is 1.29 bits per heavy atom. The molecule has 5 nitrogen and oxygen atoms in total. The molecule has 0 aromatic heterocycles. The normalized spacial score (nSPS) is 10.1. The Labute approximate surface area is 128 Å². The van der Waals surface area contributed by atoms with Crippen molar-refractivity contribution in [1.82, 2.24) is 0 Å². The second-order valence-electron chi connectivity index (χ2n) is 4.37. The molecule has 0 saturated heterocycles. The minimum atomic E-state index is -0.241. The van der Waals surface area contributed by atoms with Gasteiger partial charge < -0.3 is 15.1 Å². The summed E-state index contributed by atoms with van der Waals surface area (Å²) < 4.78 is 5.27. The highest BCUT2D eigenvalue weighted by Gasteiger charge is 2.19. The second kappa shape index (κ2) is 6.47. The summed E-state index contributed by atoms with van der Waals surface area (Å²) in [7, 11) is 3.23. The molecule has 0 spiro atoms. The Morgan fingerprint density at radius 2 is 2.00 bits per heavy atom. The zero-order valence-electron chi connectivity index (χ0n) is 11.8. The van der Waals surface area contributed by atoms with E-state index in [1.807, 2.05) is 12.1 Å². The number of carbonyl (C=O) groups is 1. The van der Waals surface area contributed by atoms with Crippen molar-refractivity contribution in [1.29, 1.82) is 0 Å². The van der Waals surface area contributed by atoms with Gasteiger partial charge in [0.05, 0.1) is 24.0 Å². The average Bonchev–Trinajstić information content (AvgIpc) is 2.53. The lowest BCUT2D eigenvalue weighted by Gasteiger charge is -2.21. The van der Waals surface area contributed by atoms with E-state index in [0.717, 1.165) is 0 Å². The fourth-order valence-electron chi connectivity index (χ4n) is 2.02. The molecule has 0 radical (unpaired) electrons. The van der Waals surface area contributed by atoms with E-state index in [2.05, 4.69) is 5.43 Å². The highest BCUT2D eigenvalue weighted by atomic mass is 35.5. The molecule has 0 aliphatic rings. The van der Waals surface area contributed by atoms with Crippen LogP contribution in [-0.4, -0.2) is 20.1 Å². The minimum Gasteiger partial charge on any atom is -0.495 e. The van der Waals surface area contributed by atoms with Gasteiger partial charge in [0.2, 0.25) is 0 Å². The molecule has 0 atom stereocenters. The largest absolute Gasteiger partial charge is 0.495 e. The third-order valence-corrected chi connectivity index (χ3v) is 3.35. The molecular weight excluding hydrogens is 290 g/mol. The first-order valence-electron chi connectivity index (χ1n) is 6.25. The van der Waals surface area contributed by atoms with Crippen LogP contribution in [0.1, 0.15) is 10.4 Å². The monoisotopic (exact) mass is 305 g/mol. The summed E-state index contributed by atoms with van der Waals surface area (Å²) in [6, 6.07) is 12.2. The first-order chi connectivity index (χ1) is 10.1. The van der Waals surface area contributed by atoms with Crippen molar-refractivity contribution >= 4 is 28.9 Å².